The van der Waals surface area contributed by atoms with E-state index in [1.165, 1.54) is 0 Å². The summed E-state index contributed by atoms with van der Waals surface area (Å²) in [4.78, 5) is 4.33. The van der Waals surface area contributed by atoms with Crippen molar-refractivity contribution in [3.63, 3.8) is 0 Å². The fourth-order valence-corrected chi connectivity index (χ4v) is 1.77. The van der Waals surface area contributed by atoms with Crippen LogP contribution in [0.25, 0.3) is 0 Å². The SMILES string of the molecule is CC(C#N)CNC(c1ccco1)c1nccn1C. The fraction of sp³-hybridized carbons (Fsp3) is 0.385. The van der Waals surface area contributed by atoms with Gasteiger partial charge in [0, 0.05) is 26.0 Å². The molecule has 0 fully saturated rings. The molecule has 0 aliphatic heterocycles. The predicted molar refractivity (Wildman–Crippen MR) is 66.5 cm³/mol. The standard InChI is InChI=1S/C13H16N4O/c1-10(8-14)9-16-12(11-4-3-7-18-11)13-15-5-6-17(13)2/h3-7,10,12,16H,9H2,1-2H3. The Labute approximate surface area is 106 Å². The van der Waals surface area contributed by atoms with Gasteiger partial charge in [0.15, 0.2) is 0 Å². The van der Waals surface area contributed by atoms with Gasteiger partial charge in [-0.05, 0) is 19.1 Å². The molecular weight excluding hydrogens is 228 g/mol. The van der Waals surface area contributed by atoms with Gasteiger partial charge in [-0.3, -0.25) is 5.32 Å². The maximum atomic E-state index is 8.83. The molecule has 0 spiro atoms. The van der Waals surface area contributed by atoms with Crippen LogP contribution in [0.3, 0.4) is 0 Å². The number of hydrogen-bond acceptors (Lipinski definition) is 4. The average Bonchev–Trinajstić information content (AvgIpc) is 3.02. The van der Waals surface area contributed by atoms with Gasteiger partial charge in [-0.2, -0.15) is 5.26 Å². The van der Waals surface area contributed by atoms with Crippen molar-refractivity contribution in [1.29, 1.82) is 5.26 Å². The van der Waals surface area contributed by atoms with E-state index in [0.29, 0.717) is 6.54 Å². The summed E-state index contributed by atoms with van der Waals surface area (Å²) in [5, 5.41) is 12.1. The van der Waals surface area contributed by atoms with E-state index in [1.807, 2.05) is 36.9 Å². The van der Waals surface area contributed by atoms with Gasteiger partial charge in [-0.15, -0.1) is 0 Å². The second-order valence-corrected chi connectivity index (χ2v) is 4.28. The zero-order valence-corrected chi connectivity index (χ0v) is 10.5. The summed E-state index contributed by atoms with van der Waals surface area (Å²) in [6.45, 7) is 2.47. The first-order valence-corrected chi connectivity index (χ1v) is 5.86. The summed E-state index contributed by atoms with van der Waals surface area (Å²) in [6, 6.07) is 5.83. The molecule has 0 bridgehead atoms. The van der Waals surface area contributed by atoms with Crippen LogP contribution in [0.2, 0.25) is 0 Å². The summed E-state index contributed by atoms with van der Waals surface area (Å²) in [7, 11) is 1.94. The Hall–Kier alpha value is -2.06. The van der Waals surface area contributed by atoms with Crippen LogP contribution in [0.15, 0.2) is 35.2 Å². The number of aryl methyl sites for hydroxylation is 1. The van der Waals surface area contributed by atoms with E-state index < -0.39 is 0 Å². The van der Waals surface area contributed by atoms with Crippen LogP contribution in [-0.2, 0) is 7.05 Å². The van der Waals surface area contributed by atoms with Gasteiger partial charge >= 0.3 is 0 Å². The Morgan fingerprint density at radius 1 is 1.61 bits per heavy atom. The minimum Gasteiger partial charge on any atom is -0.467 e. The largest absolute Gasteiger partial charge is 0.467 e. The highest BCUT2D eigenvalue weighted by Crippen LogP contribution is 2.20. The third kappa shape index (κ3) is 2.60. The Balaban J connectivity index is 2.20. The topological polar surface area (TPSA) is 66.8 Å². The van der Waals surface area contributed by atoms with Crippen LogP contribution in [0, 0.1) is 17.2 Å². The highest BCUT2D eigenvalue weighted by molar-refractivity contribution is 5.15. The van der Waals surface area contributed by atoms with Crippen LogP contribution in [0.1, 0.15) is 24.6 Å². The monoisotopic (exact) mass is 244 g/mol. The van der Waals surface area contributed by atoms with Crippen molar-refractivity contribution in [2.45, 2.75) is 13.0 Å². The lowest BCUT2D eigenvalue weighted by Gasteiger charge is -2.17. The molecule has 0 saturated heterocycles. The first kappa shape index (κ1) is 12.4. The van der Waals surface area contributed by atoms with E-state index in [-0.39, 0.29) is 12.0 Å². The number of imidazole rings is 1. The Morgan fingerprint density at radius 2 is 2.44 bits per heavy atom. The van der Waals surface area contributed by atoms with Gasteiger partial charge in [0.25, 0.3) is 0 Å². The maximum Gasteiger partial charge on any atom is 0.133 e. The summed E-state index contributed by atoms with van der Waals surface area (Å²) >= 11 is 0. The molecule has 2 rings (SSSR count). The van der Waals surface area contributed by atoms with E-state index in [0.717, 1.165) is 11.6 Å². The van der Waals surface area contributed by atoms with E-state index in [1.54, 1.807) is 12.5 Å². The van der Waals surface area contributed by atoms with Crippen molar-refractivity contribution in [2.75, 3.05) is 6.54 Å². The Morgan fingerprint density at radius 3 is 3.00 bits per heavy atom. The van der Waals surface area contributed by atoms with Crippen molar-refractivity contribution in [1.82, 2.24) is 14.9 Å². The Kier molecular flexibility index (Phi) is 3.80. The molecule has 5 heteroatoms. The number of furan rings is 1. The number of nitrogens with zero attached hydrogens (tertiary/aromatic N) is 3. The third-order valence-electron chi connectivity index (χ3n) is 2.79. The number of nitrogens with one attached hydrogen (secondary N) is 1. The smallest absolute Gasteiger partial charge is 0.133 e. The minimum absolute atomic E-state index is 0.0530. The molecule has 2 aromatic heterocycles. The molecule has 2 atom stereocenters. The van der Waals surface area contributed by atoms with E-state index in [2.05, 4.69) is 16.4 Å². The molecule has 94 valence electrons. The van der Waals surface area contributed by atoms with Crippen LogP contribution < -0.4 is 5.32 Å². The molecule has 0 aliphatic carbocycles. The molecule has 18 heavy (non-hydrogen) atoms. The molecule has 0 amide bonds. The number of hydrogen-bond donors (Lipinski definition) is 1. The lowest BCUT2D eigenvalue weighted by molar-refractivity contribution is 0.420. The zero-order chi connectivity index (χ0) is 13.0. The zero-order valence-electron chi connectivity index (χ0n) is 10.5. The highest BCUT2D eigenvalue weighted by atomic mass is 16.3. The van der Waals surface area contributed by atoms with E-state index in [9.17, 15) is 0 Å². The molecule has 2 unspecified atom stereocenters. The minimum atomic E-state index is -0.129. The van der Waals surface area contributed by atoms with Gasteiger partial charge in [0.2, 0.25) is 0 Å². The number of rotatable bonds is 5. The van der Waals surface area contributed by atoms with Crippen molar-refractivity contribution < 1.29 is 4.42 Å². The summed E-state index contributed by atoms with van der Waals surface area (Å²) in [5.74, 6) is 1.62. The third-order valence-corrected chi connectivity index (χ3v) is 2.79. The second kappa shape index (κ2) is 5.52. The lowest BCUT2D eigenvalue weighted by Crippen LogP contribution is -2.28. The normalized spacial score (nSPS) is 14.1. The van der Waals surface area contributed by atoms with Crippen LogP contribution >= 0.6 is 0 Å². The molecule has 0 aliphatic rings. The first-order chi connectivity index (χ1) is 8.72. The van der Waals surface area contributed by atoms with E-state index >= 15 is 0 Å². The molecule has 5 nitrogen and oxygen atoms in total. The summed E-state index contributed by atoms with van der Waals surface area (Å²) < 4.78 is 7.38. The summed E-state index contributed by atoms with van der Waals surface area (Å²) in [5.41, 5.74) is 0. The lowest BCUT2D eigenvalue weighted by atomic mass is 10.1. The first-order valence-electron chi connectivity index (χ1n) is 5.86. The highest BCUT2D eigenvalue weighted by Gasteiger charge is 2.20. The number of nitriles is 1. The van der Waals surface area contributed by atoms with Gasteiger partial charge in [0.1, 0.15) is 17.6 Å². The van der Waals surface area contributed by atoms with Gasteiger partial charge in [-0.25, -0.2) is 4.98 Å². The van der Waals surface area contributed by atoms with E-state index in [4.69, 9.17) is 9.68 Å². The predicted octanol–water partition coefficient (Wildman–Crippen LogP) is 1.85. The molecule has 0 radical (unpaired) electrons. The fourth-order valence-electron chi connectivity index (χ4n) is 1.77. The van der Waals surface area contributed by atoms with Crippen molar-refractivity contribution in [2.24, 2.45) is 13.0 Å². The molecule has 2 aromatic rings. The van der Waals surface area contributed by atoms with Gasteiger partial charge in [-0.1, -0.05) is 0 Å². The molecule has 0 aromatic carbocycles. The van der Waals surface area contributed by atoms with Crippen molar-refractivity contribution in [3.8, 4) is 6.07 Å². The van der Waals surface area contributed by atoms with Crippen molar-refractivity contribution >= 4 is 0 Å². The number of aromatic nitrogens is 2. The van der Waals surface area contributed by atoms with Crippen molar-refractivity contribution in [3.05, 3.63) is 42.4 Å². The average molecular weight is 244 g/mol. The molecule has 0 saturated carbocycles. The van der Waals surface area contributed by atoms with Crippen LogP contribution in [-0.4, -0.2) is 16.1 Å². The Bertz CT molecular complexity index is 523. The summed E-state index contributed by atoms with van der Waals surface area (Å²) in [6.07, 6.45) is 5.28. The van der Waals surface area contributed by atoms with Gasteiger partial charge < -0.3 is 8.98 Å². The molecular formula is C13H16N4O. The molecule has 2 heterocycles. The second-order valence-electron chi connectivity index (χ2n) is 4.28. The van der Waals surface area contributed by atoms with Crippen LogP contribution in [0.5, 0.6) is 0 Å². The molecule has 1 N–H and O–H groups in total. The quantitative estimate of drug-likeness (QED) is 0.871. The maximum absolute atomic E-state index is 8.83. The van der Waals surface area contributed by atoms with Crippen LogP contribution in [0.4, 0.5) is 0 Å². The van der Waals surface area contributed by atoms with Gasteiger partial charge in [0.05, 0.1) is 18.3 Å².